The molecule has 23 heavy (non-hydrogen) atoms. The van der Waals surface area contributed by atoms with Crippen LogP contribution in [0.3, 0.4) is 0 Å². The Hall–Kier alpha value is -1.92. The maximum Gasteiger partial charge on any atom is 0.224 e. The monoisotopic (exact) mass is 322 g/mol. The van der Waals surface area contributed by atoms with Crippen molar-refractivity contribution in [2.45, 2.75) is 46.3 Å². The molecule has 6 nitrogen and oxygen atoms in total. The smallest absolute Gasteiger partial charge is 0.224 e. The predicted octanol–water partition coefficient (Wildman–Crippen LogP) is 1.98. The van der Waals surface area contributed by atoms with E-state index in [1.165, 1.54) is 6.92 Å². The molecule has 1 aromatic rings. The molecule has 6 heteroatoms. The first-order chi connectivity index (χ1) is 10.8. The van der Waals surface area contributed by atoms with E-state index in [9.17, 15) is 14.7 Å². The summed E-state index contributed by atoms with van der Waals surface area (Å²) in [5.41, 5.74) is 0.930. The Morgan fingerprint density at radius 3 is 2.57 bits per heavy atom. The number of Topliss-reactive ketones (excluding diaryl/α,β-unsaturated/α-hetero) is 1. The molecule has 0 unspecified atom stereocenters. The van der Waals surface area contributed by atoms with E-state index in [0.717, 1.165) is 0 Å². The zero-order chi connectivity index (χ0) is 17.4. The van der Waals surface area contributed by atoms with Gasteiger partial charge in [0.2, 0.25) is 5.91 Å². The van der Waals surface area contributed by atoms with Gasteiger partial charge in [-0.1, -0.05) is 20.8 Å². The van der Waals surface area contributed by atoms with E-state index in [1.807, 2.05) is 13.8 Å². The van der Waals surface area contributed by atoms with Crippen molar-refractivity contribution in [1.29, 1.82) is 0 Å². The molecule has 128 valence electrons. The summed E-state index contributed by atoms with van der Waals surface area (Å²) in [4.78, 5) is 23.2. The van der Waals surface area contributed by atoms with Crippen LogP contribution in [0.1, 0.15) is 44.5 Å². The minimum atomic E-state index is -0.670. The van der Waals surface area contributed by atoms with Crippen molar-refractivity contribution in [3.05, 3.63) is 23.8 Å². The number of aliphatic hydroxyl groups excluding tert-OH is 1. The van der Waals surface area contributed by atoms with E-state index in [0.29, 0.717) is 30.0 Å². The van der Waals surface area contributed by atoms with Crippen LogP contribution in [0.2, 0.25) is 0 Å². The van der Waals surface area contributed by atoms with E-state index in [-0.39, 0.29) is 24.3 Å². The molecule has 0 heterocycles. The third kappa shape index (κ3) is 6.80. The zero-order valence-corrected chi connectivity index (χ0v) is 14.2. The summed E-state index contributed by atoms with van der Waals surface area (Å²) in [7, 11) is 0. The lowest BCUT2D eigenvalue weighted by Crippen LogP contribution is -2.35. The van der Waals surface area contributed by atoms with Gasteiger partial charge in [-0.2, -0.15) is 0 Å². The first-order valence-corrected chi connectivity index (χ1v) is 7.82. The number of amides is 1. The van der Waals surface area contributed by atoms with Crippen molar-refractivity contribution in [3.63, 3.8) is 0 Å². The van der Waals surface area contributed by atoms with E-state index < -0.39 is 6.10 Å². The minimum Gasteiger partial charge on any atom is -0.490 e. The number of rotatable bonds is 9. The zero-order valence-electron chi connectivity index (χ0n) is 14.2. The highest BCUT2D eigenvalue weighted by Gasteiger charge is 2.13. The van der Waals surface area contributed by atoms with Crippen LogP contribution in [0.25, 0.3) is 0 Å². The molecule has 0 aliphatic carbocycles. The Morgan fingerprint density at radius 2 is 2.00 bits per heavy atom. The van der Waals surface area contributed by atoms with Crippen molar-refractivity contribution in [2.24, 2.45) is 0 Å². The Kier molecular flexibility index (Phi) is 7.71. The maximum atomic E-state index is 11.8. The van der Waals surface area contributed by atoms with Crippen LogP contribution in [0.5, 0.6) is 5.75 Å². The highest BCUT2D eigenvalue weighted by Crippen LogP contribution is 2.24. The van der Waals surface area contributed by atoms with Crippen LogP contribution in [-0.2, 0) is 4.79 Å². The molecular weight excluding hydrogens is 296 g/mol. The molecule has 1 aromatic carbocycles. The molecule has 0 spiro atoms. The number of hydrogen-bond donors (Lipinski definition) is 3. The van der Waals surface area contributed by atoms with Crippen molar-refractivity contribution in [1.82, 2.24) is 5.32 Å². The number of nitrogens with one attached hydrogen (secondary N) is 2. The quantitative estimate of drug-likeness (QED) is 0.605. The van der Waals surface area contributed by atoms with Crippen LogP contribution < -0.4 is 15.4 Å². The standard InChI is InChI=1S/C17H26N2O4/c1-5-17(22)19-13-6-7-16(15(8-13)12(4)20)23-10-14(21)9-18-11(2)3/h6-8,11,14,18,21H,5,9-10H2,1-4H3,(H,19,22)/t14-/m0/s1. The number of carbonyl (C=O) groups excluding carboxylic acids is 2. The SMILES string of the molecule is CCC(=O)Nc1ccc(OC[C@@H](O)CNC(C)C)c(C(C)=O)c1. The average molecular weight is 322 g/mol. The van der Waals surface area contributed by atoms with Gasteiger partial charge in [0, 0.05) is 24.7 Å². The summed E-state index contributed by atoms with van der Waals surface area (Å²) >= 11 is 0. The summed E-state index contributed by atoms with van der Waals surface area (Å²) in [5.74, 6) is 0.112. The van der Waals surface area contributed by atoms with Gasteiger partial charge in [0.25, 0.3) is 0 Å². The van der Waals surface area contributed by atoms with E-state index >= 15 is 0 Å². The molecule has 1 rings (SSSR count). The molecule has 0 saturated heterocycles. The first kappa shape index (κ1) is 19.1. The molecular formula is C17H26N2O4. The fraction of sp³-hybridized carbons (Fsp3) is 0.529. The number of hydrogen-bond acceptors (Lipinski definition) is 5. The van der Waals surface area contributed by atoms with Gasteiger partial charge in [0.1, 0.15) is 18.5 Å². The van der Waals surface area contributed by atoms with Gasteiger partial charge in [-0.25, -0.2) is 0 Å². The molecule has 1 amide bonds. The number of benzene rings is 1. The van der Waals surface area contributed by atoms with Crippen LogP contribution >= 0.6 is 0 Å². The highest BCUT2D eigenvalue weighted by atomic mass is 16.5. The lowest BCUT2D eigenvalue weighted by atomic mass is 10.1. The molecule has 0 aliphatic rings. The Labute approximate surface area is 137 Å². The fourth-order valence-corrected chi connectivity index (χ4v) is 1.87. The van der Waals surface area contributed by atoms with Gasteiger partial charge < -0.3 is 20.5 Å². The Morgan fingerprint density at radius 1 is 1.30 bits per heavy atom. The van der Waals surface area contributed by atoms with Crippen molar-refractivity contribution < 1.29 is 19.4 Å². The molecule has 1 atom stereocenters. The van der Waals surface area contributed by atoms with Crippen molar-refractivity contribution in [2.75, 3.05) is 18.5 Å². The number of carbonyl (C=O) groups is 2. The molecule has 0 aromatic heterocycles. The van der Waals surface area contributed by atoms with E-state index in [1.54, 1.807) is 25.1 Å². The van der Waals surface area contributed by atoms with Gasteiger partial charge in [-0.05, 0) is 25.1 Å². The molecule has 0 radical (unpaired) electrons. The molecule has 0 aliphatic heterocycles. The Bertz CT molecular complexity index is 543. The summed E-state index contributed by atoms with van der Waals surface area (Å²) in [5, 5.41) is 15.7. The largest absolute Gasteiger partial charge is 0.490 e. The normalized spacial score (nSPS) is 12.1. The van der Waals surface area contributed by atoms with Crippen LogP contribution in [0.4, 0.5) is 5.69 Å². The number of ketones is 1. The van der Waals surface area contributed by atoms with Crippen molar-refractivity contribution in [3.8, 4) is 5.75 Å². The second-order valence-electron chi connectivity index (χ2n) is 5.70. The molecule has 3 N–H and O–H groups in total. The van der Waals surface area contributed by atoms with Crippen LogP contribution in [0.15, 0.2) is 18.2 Å². The van der Waals surface area contributed by atoms with Gasteiger partial charge in [-0.3, -0.25) is 9.59 Å². The molecule has 0 saturated carbocycles. The number of ether oxygens (including phenoxy) is 1. The van der Waals surface area contributed by atoms with E-state index in [4.69, 9.17) is 4.74 Å². The lowest BCUT2D eigenvalue weighted by molar-refractivity contribution is -0.115. The highest BCUT2D eigenvalue weighted by molar-refractivity contribution is 5.99. The summed E-state index contributed by atoms with van der Waals surface area (Å²) < 4.78 is 5.56. The molecule has 0 bridgehead atoms. The summed E-state index contributed by atoms with van der Waals surface area (Å²) in [6.45, 7) is 7.67. The number of aliphatic hydroxyl groups is 1. The third-order valence-corrected chi connectivity index (χ3v) is 3.16. The summed E-state index contributed by atoms with van der Waals surface area (Å²) in [6.07, 6.45) is -0.306. The third-order valence-electron chi connectivity index (χ3n) is 3.16. The van der Waals surface area contributed by atoms with Gasteiger partial charge in [0.05, 0.1) is 5.56 Å². The van der Waals surface area contributed by atoms with Gasteiger partial charge in [-0.15, -0.1) is 0 Å². The molecule has 0 fully saturated rings. The maximum absolute atomic E-state index is 11.8. The van der Waals surface area contributed by atoms with Gasteiger partial charge >= 0.3 is 0 Å². The van der Waals surface area contributed by atoms with Crippen LogP contribution in [-0.4, -0.2) is 42.1 Å². The fourth-order valence-electron chi connectivity index (χ4n) is 1.87. The Balaban J connectivity index is 2.74. The minimum absolute atomic E-state index is 0.0840. The van der Waals surface area contributed by atoms with Crippen molar-refractivity contribution >= 4 is 17.4 Å². The summed E-state index contributed by atoms with van der Waals surface area (Å²) in [6, 6.07) is 5.17. The van der Waals surface area contributed by atoms with Crippen LogP contribution in [0, 0.1) is 0 Å². The van der Waals surface area contributed by atoms with E-state index in [2.05, 4.69) is 10.6 Å². The second kappa shape index (κ2) is 9.27. The second-order valence-corrected chi connectivity index (χ2v) is 5.70. The lowest BCUT2D eigenvalue weighted by Gasteiger charge is -2.16. The average Bonchev–Trinajstić information content (AvgIpc) is 2.51. The number of anilines is 1. The predicted molar refractivity (Wildman–Crippen MR) is 90.0 cm³/mol. The first-order valence-electron chi connectivity index (χ1n) is 7.82. The van der Waals surface area contributed by atoms with Gasteiger partial charge in [0.15, 0.2) is 5.78 Å². The topological polar surface area (TPSA) is 87.7 Å².